The monoisotopic (exact) mass is 1770 g/mol. The van der Waals surface area contributed by atoms with E-state index in [1.165, 1.54) is 85.9 Å². The van der Waals surface area contributed by atoms with Gasteiger partial charge in [-0.25, -0.2) is 23.7 Å². The Hall–Kier alpha value is -12.5. The predicted octanol–water partition coefficient (Wildman–Crippen LogP) is 14.5. The van der Waals surface area contributed by atoms with E-state index in [1.54, 1.807) is 74.6 Å². The molecule has 125 heavy (non-hydrogen) atoms. The van der Waals surface area contributed by atoms with Gasteiger partial charge in [0.1, 0.15) is 63.0 Å². The highest BCUT2D eigenvalue weighted by Gasteiger charge is 2.42. The Morgan fingerprint density at radius 1 is 0.488 bits per heavy atom. The average molecular weight is 1780 g/mol. The van der Waals surface area contributed by atoms with Crippen LogP contribution in [0, 0.1) is 0 Å². The number of aromatic nitrogens is 6. The molecule has 3 fully saturated rings. The highest BCUT2D eigenvalue weighted by Crippen LogP contribution is 2.45. The van der Waals surface area contributed by atoms with Gasteiger partial charge < -0.3 is 89.7 Å². The summed E-state index contributed by atoms with van der Waals surface area (Å²) in [7, 11) is 12.8. The molecule has 6 aromatic carbocycles. The summed E-state index contributed by atoms with van der Waals surface area (Å²) in [6.45, 7) is 9.29. The topological polar surface area (TPSA) is 327 Å². The van der Waals surface area contributed by atoms with Crippen molar-refractivity contribution < 1.29 is 92.3 Å². The molecule has 30 nitrogen and oxygen atoms in total. The standard InChI is InChI=1S/C29H31F3N6O4.C28H29Cl2FN6O4.C28H28F4N6O4/c1-4-38-12-10-19(11-13-38)34-25(39)17-8-9-21(23(14-17)41-3)35-28-33-15-20(29(30,31)32)26(36-28)42-22-7-5-6-18-16-37(2)27(40)24(18)22;1-14-15-6-5-7-22(24(15)27(39)37(14)3)41-26-18(30)12-32-28(35-26)34-21-11-17(29)16(10-23(21)40-4)25(38)33-20-8-9-36(2)13-19(20)31;1-37-10-9-19(18(29)14-37)34-24(39)15-7-8-20(22(11-15)41-3)35-27-33-12-17(28(30,31)32)25(36-27)42-21-6-4-5-16-13-38(2)26(40)23(16)21/h5-9,14-15,19H,4,10-13,16H2,1-3H3,(H,34,39)(H,33,35,36);5-7,10-12,14,19-20H,8-9,13H2,1-4H3,(H,33,38)(H,32,34,35);4-8,11-12,18-19H,9-10,13-14H2,1-3H3,(H,34,39)(H,33,35,36)/t;14-,19+,20-;18-,19+/m.00/s1. The van der Waals surface area contributed by atoms with Crippen molar-refractivity contribution in [2.24, 2.45) is 0 Å². The van der Waals surface area contributed by atoms with Gasteiger partial charge in [0, 0.05) is 103 Å². The van der Waals surface area contributed by atoms with Gasteiger partial charge in [-0.05, 0) is 137 Å². The van der Waals surface area contributed by atoms with Crippen molar-refractivity contribution in [3.63, 3.8) is 0 Å². The van der Waals surface area contributed by atoms with Gasteiger partial charge in [0.25, 0.3) is 35.4 Å². The summed E-state index contributed by atoms with van der Waals surface area (Å²) in [5.41, 5.74) is 2.14. The normalized spacial score (nSPS) is 18.4. The molecular weight excluding hydrogens is 1690 g/mol. The van der Waals surface area contributed by atoms with Crippen LogP contribution in [-0.4, -0.2) is 228 Å². The number of nitrogens with zero attached hydrogens (tertiary/aromatic N) is 12. The van der Waals surface area contributed by atoms with Gasteiger partial charge in [-0.15, -0.1) is 0 Å². The van der Waals surface area contributed by atoms with Gasteiger partial charge >= 0.3 is 12.4 Å². The lowest BCUT2D eigenvalue weighted by molar-refractivity contribution is -0.140. The highest BCUT2D eigenvalue weighted by atomic mass is 35.5. The van der Waals surface area contributed by atoms with Crippen LogP contribution >= 0.6 is 23.2 Å². The van der Waals surface area contributed by atoms with Crippen LogP contribution in [0.1, 0.15) is 136 Å². The summed E-state index contributed by atoms with van der Waals surface area (Å²) in [6.07, 6.45) is -6.82. The number of likely N-dealkylation sites (tertiary alicyclic amines) is 3. The molecule has 6 N–H and O–H groups in total. The maximum Gasteiger partial charge on any atom is 0.423 e. The van der Waals surface area contributed by atoms with Gasteiger partial charge in [0.15, 0.2) is 0 Å². The lowest BCUT2D eigenvalue weighted by atomic mass is 10.0. The fraction of sp³-hybridized carbons (Fsp3) is 0.365. The van der Waals surface area contributed by atoms with Crippen LogP contribution in [0.3, 0.4) is 0 Å². The molecule has 0 spiro atoms. The Kier molecular flexibility index (Phi) is 27.6. The van der Waals surface area contributed by atoms with E-state index in [2.05, 4.69) is 73.6 Å². The number of anilines is 6. The molecule has 3 saturated heterocycles. The van der Waals surface area contributed by atoms with Crippen LogP contribution < -0.4 is 60.3 Å². The summed E-state index contributed by atoms with van der Waals surface area (Å²) < 4.78 is 145. The van der Waals surface area contributed by atoms with Crippen LogP contribution in [0.4, 0.5) is 70.0 Å². The molecule has 6 amide bonds. The minimum absolute atomic E-state index is 0.0348. The number of hydrogen-bond donors (Lipinski definition) is 6. The van der Waals surface area contributed by atoms with Gasteiger partial charge in [-0.1, -0.05) is 66.5 Å². The lowest BCUT2D eigenvalue weighted by Gasteiger charge is -2.32. The Morgan fingerprint density at radius 3 is 1.39 bits per heavy atom. The minimum atomic E-state index is -4.84. The fourth-order valence-electron chi connectivity index (χ4n) is 14.9. The molecule has 660 valence electrons. The number of ether oxygens (including phenoxy) is 6. The number of halogens is 10. The first-order chi connectivity index (χ1) is 59.6. The number of carbonyl (C=O) groups excluding carboxylic acids is 6. The number of hydrogen-bond acceptors (Lipinski definition) is 24. The van der Waals surface area contributed by atoms with Crippen molar-refractivity contribution in [1.29, 1.82) is 0 Å². The van der Waals surface area contributed by atoms with Gasteiger partial charge in [0.2, 0.25) is 35.5 Å². The number of nitrogens with one attached hydrogen (secondary N) is 6. The summed E-state index contributed by atoms with van der Waals surface area (Å²) in [4.78, 5) is 111. The molecule has 0 unspecified atom stereocenters. The Morgan fingerprint density at radius 2 is 0.920 bits per heavy atom. The van der Waals surface area contributed by atoms with E-state index < -0.39 is 71.5 Å². The van der Waals surface area contributed by atoms with E-state index in [-0.39, 0.29) is 139 Å². The predicted molar refractivity (Wildman–Crippen MR) is 446 cm³/mol. The molecule has 6 aliphatic heterocycles. The Labute approximate surface area is 722 Å². The first kappa shape index (κ1) is 90.2. The second-order valence-corrected chi connectivity index (χ2v) is 31.2. The largest absolute Gasteiger partial charge is 0.495 e. The SMILES string of the molecule is CCN1CCC(NC(=O)c2ccc(Nc3ncc(C(F)(F)F)c(Oc4cccc5c4C(=O)N(C)C5)n3)c(OC)c2)CC1.COc1cc(C(=O)N[C@@H]2CCN(C)C[C@@H]2F)ccc1Nc1ncc(C(F)(F)F)c(Oc2cccc3c2C(=O)N(C)C3)n1.COc1cc(C(=O)N[C@H]2CCN(C)C[C@H]2F)c(Cl)cc1Nc1ncc(Cl)c(Oc2cccc3c2C(=O)N(C)[C@H]3C)n1. The molecule has 15 rings (SSSR count). The number of methoxy groups -OCH3 is 3. The Bertz CT molecular complexity index is 5580. The molecule has 9 heterocycles. The number of fused-ring (bicyclic) bond motifs is 3. The first-order valence-corrected chi connectivity index (χ1v) is 40.3. The van der Waals surface area contributed by atoms with Crippen molar-refractivity contribution in [3.05, 3.63) is 193 Å². The second-order valence-electron chi connectivity index (χ2n) is 30.4. The third kappa shape index (κ3) is 20.6. The third-order valence-electron chi connectivity index (χ3n) is 21.9. The first-order valence-electron chi connectivity index (χ1n) is 39.5. The molecule has 0 aliphatic carbocycles. The summed E-state index contributed by atoms with van der Waals surface area (Å²) in [6, 6.07) is 25.5. The molecule has 0 bridgehead atoms. The molecule has 0 saturated carbocycles. The zero-order valence-corrected chi connectivity index (χ0v) is 70.8. The van der Waals surface area contributed by atoms with E-state index in [9.17, 15) is 63.9 Å². The quantitative estimate of drug-likeness (QED) is 0.0343. The van der Waals surface area contributed by atoms with Crippen molar-refractivity contribution >= 4 is 93.6 Å². The molecule has 5 atom stereocenters. The van der Waals surface area contributed by atoms with Crippen LogP contribution in [-0.2, 0) is 25.4 Å². The van der Waals surface area contributed by atoms with Crippen LogP contribution in [0.15, 0.2) is 122 Å². The van der Waals surface area contributed by atoms with E-state index in [0.29, 0.717) is 90.8 Å². The van der Waals surface area contributed by atoms with Crippen LogP contribution in [0.25, 0.3) is 0 Å². The number of carbonyl (C=O) groups is 6. The summed E-state index contributed by atoms with van der Waals surface area (Å²) >= 11 is 12.8. The molecule has 3 aromatic heterocycles. The number of alkyl halides is 8. The zero-order chi connectivity index (χ0) is 89.6. The number of rotatable bonds is 22. The van der Waals surface area contributed by atoms with Gasteiger partial charge in [-0.3, -0.25) is 28.8 Å². The molecule has 9 aromatic rings. The number of piperidine rings is 3. The lowest BCUT2D eigenvalue weighted by Crippen LogP contribution is -2.51. The average Bonchev–Trinajstić information content (AvgIpc) is 1.61. The zero-order valence-electron chi connectivity index (χ0n) is 69.2. The van der Waals surface area contributed by atoms with Gasteiger partial charge in [0.05, 0.1) is 90.0 Å². The molecule has 40 heteroatoms. The van der Waals surface area contributed by atoms with E-state index >= 15 is 0 Å². The third-order valence-corrected chi connectivity index (χ3v) is 22.5. The molecule has 0 radical (unpaired) electrons. The van der Waals surface area contributed by atoms with Crippen LogP contribution in [0.5, 0.6) is 52.1 Å². The smallest absolute Gasteiger partial charge is 0.423 e. The number of benzene rings is 6. The fourth-order valence-corrected chi connectivity index (χ4v) is 15.3. The maximum absolute atomic E-state index is 14.5. The van der Waals surface area contributed by atoms with E-state index in [4.69, 9.17) is 51.6 Å². The Balaban J connectivity index is 0.000000161. The minimum Gasteiger partial charge on any atom is -0.495 e. The highest BCUT2D eigenvalue weighted by molar-refractivity contribution is 6.34. The van der Waals surface area contributed by atoms with E-state index in [1.807, 2.05) is 36.9 Å². The van der Waals surface area contributed by atoms with Gasteiger partial charge in [-0.2, -0.15) is 41.3 Å². The van der Waals surface area contributed by atoms with Crippen molar-refractivity contribution in [3.8, 4) is 52.1 Å². The van der Waals surface area contributed by atoms with Crippen molar-refractivity contribution in [2.45, 2.75) is 101 Å². The second kappa shape index (κ2) is 38.3. The van der Waals surface area contributed by atoms with E-state index in [0.717, 1.165) is 38.0 Å². The van der Waals surface area contributed by atoms with Crippen molar-refractivity contribution in [1.82, 2.24) is 75.3 Å². The molecule has 6 aliphatic rings. The summed E-state index contributed by atoms with van der Waals surface area (Å²) in [5, 5.41) is 17.4. The van der Waals surface area contributed by atoms with Crippen molar-refractivity contribution in [2.75, 3.05) is 118 Å². The van der Waals surface area contributed by atoms with Crippen LogP contribution in [0.2, 0.25) is 10.0 Å². The molecular formula is C85H88Cl2F8N18O12. The maximum atomic E-state index is 14.5. The number of amides is 6. The summed E-state index contributed by atoms with van der Waals surface area (Å²) in [5.74, 6) is -3.07.